The number of carbonyl (C=O) groups excluding carboxylic acids is 1. The molecule has 0 rings (SSSR count). The van der Waals surface area contributed by atoms with E-state index in [1.165, 1.54) is 25.7 Å². The third kappa shape index (κ3) is 7.97. The molecular weight excluding hydrogens is 164 g/mol. The number of ketones is 1. The van der Waals surface area contributed by atoms with Crippen molar-refractivity contribution >= 4 is 5.78 Å². The van der Waals surface area contributed by atoms with Crippen LogP contribution in [0.25, 0.3) is 0 Å². The minimum atomic E-state index is -0.217. The van der Waals surface area contributed by atoms with Crippen molar-refractivity contribution in [3.05, 3.63) is 0 Å². The van der Waals surface area contributed by atoms with Crippen LogP contribution in [-0.4, -0.2) is 18.5 Å². The van der Waals surface area contributed by atoms with Gasteiger partial charge in [-0.25, -0.2) is 0 Å². The lowest BCUT2D eigenvalue weighted by Gasteiger charge is -2.08. The maximum atomic E-state index is 10.8. The standard InChI is InChI=1S/C11H22O2/c1-4-5-6-7-8-9-13-11(3)10(2)12/h11H,4-9H2,1-3H3. The maximum absolute atomic E-state index is 10.8. The van der Waals surface area contributed by atoms with Gasteiger partial charge in [-0.3, -0.25) is 4.79 Å². The Morgan fingerprint density at radius 3 is 2.38 bits per heavy atom. The summed E-state index contributed by atoms with van der Waals surface area (Å²) in [6, 6.07) is 0. The number of unbranched alkanes of at least 4 members (excludes halogenated alkanes) is 4. The number of ether oxygens (including phenoxy) is 1. The van der Waals surface area contributed by atoms with Crippen LogP contribution >= 0.6 is 0 Å². The van der Waals surface area contributed by atoms with E-state index in [1.807, 2.05) is 6.92 Å². The Balaban J connectivity index is 3.11. The second kappa shape index (κ2) is 8.24. The molecule has 78 valence electrons. The first-order valence-electron chi connectivity index (χ1n) is 5.30. The average molecular weight is 186 g/mol. The van der Waals surface area contributed by atoms with Crippen molar-refractivity contribution in [2.75, 3.05) is 6.61 Å². The Labute approximate surface area is 81.7 Å². The Bertz CT molecular complexity index is 132. The summed E-state index contributed by atoms with van der Waals surface area (Å²) in [6.45, 7) is 6.31. The molecule has 0 radical (unpaired) electrons. The third-order valence-corrected chi connectivity index (χ3v) is 2.19. The number of carbonyl (C=O) groups is 1. The van der Waals surface area contributed by atoms with E-state index in [0.29, 0.717) is 0 Å². The summed E-state index contributed by atoms with van der Waals surface area (Å²) in [5.41, 5.74) is 0. The topological polar surface area (TPSA) is 26.3 Å². The molecule has 0 aromatic rings. The third-order valence-electron chi connectivity index (χ3n) is 2.19. The normalized spacial score (nSPS) is 12.8. The quantitative estimate of drug-likeness (QED) is 0.545. The molecule has 2 heteroatoms. The van der Waals surface area contributed by atoms with E-state index in [-0.39, 0.29) is 11.9 Å². The van der Waals surface area contributed by atoms with Crippen molar-refractivity contribution in [2.24, 2.45) is 0 Å². The van der Waals surface area contributed by atoms with Gasteiger partial charge in [0.2, 0.25) is 0 Å². The molecule has 0 aliphatic rings. The van der Waals surface area contributed by atoms with Crippen molar-refractivity contribution in [3.8, 4) is 0 Å². The molecule has 0 aromatic carbocycles. The highest BCUT2D eigenvalue weighted by atomic mass is 16.5. The van der Waals surface area contributed by atoms with E-state index in [0.717, 1.165) is 13.0 Å². The van der Waals surface area contributed by atoms with Crippen LogP contribution in [0.15, 0.2) is 0 Å². The van der Waals surface area contributed by atoms with Crippen molar-refractivity contribution in [1.29, 1.82) is 0 Å². The second-order valence-electron chi connectivity index (χ2n) is 3.54. The smallest absolute Gasteiger partial charge is 0.158 e. The summed E-state index contributed by atoms with van der Waals surface area (Å²) in [5.74, 6) is 0.119. The molecule has 0 amide bonds. The first kappa shape index (κ1) is 12.6. The lowest BCUT2D eigenvalue weighted by atomic mass is 10.2. The van der Waals surface area contributed by atoms with Crippen LogP contribution in [0.3, 0.4) is 0 Å². The molecular formula is C11H22O2. The molecule has 0 spiro atoms. The van der Waals surface area contributed by atoms with Crippen LogP contribution < -0.4 is 0 Å². The minimum absolute atomic E-state index is 0.119. The molecule has 0 aliphatic heterocycles. The van der Waals surface area contributed by atoms with Gasteiger partial charge in [0.05, 0.1) is 0 Å². The van der Waals surface area contributed by atoms with Gasteiger partial charge < -0.3 is 4.74 Å². The predicted molar refractivity (Wildman–Crippen MR) is 54.9 cm³/mol. The van der Waals surface area contributed by atoms with Gasteiger partial charge in [0.1, 0.15) is 6.10 Å². The summed E-state index contributed by atoms with van der Waals surface area (Å²) in [6.07, 6.45) is 5.95. The molecule has 0 N–H and O–H groups in total. The highest BCUT2D eigenvalue weighted by Gasteiger charge is 2.05. The fourth-order valence-corrected chi connectivity index (χ4v) is 1.08. The Morgan fingerprint density at radius 1 is 1.23 bits per heavy atom. The first-order valence-corrected chi connectivity index (χ1v) is 5.30. The monoisotopic (exact) mass is 186 g/mol. The fraction of sp³-hybridized carbons (Fsp3) is 0.909. The fourth-order valence-electron chi connectivity index (χ4n) is 1.08. The van der Waals surface area contributed by atoms with Gasteiger partial charge in [-0.05, 0) is 20.3 Å². The van der Waals surface area contributed by atoms with Gasteiger partial charge in [0, 0.05) is 6.61 Å². The van der Waals surface area contributed by atoms with E-state index < -0.39 is 0 Å². The summed E-state index contributed by atoms with van der Waals surface area (Å²) in [7, 11) is 0. The number of Topliss-reactive ketones (excluding diaryl/α,β-unsaturated/α-hetero) is 1. The van der Waals surface area contributed by atoms with E-state index in [2.05, 4.69) is 6.92 Å². The van der Waals surface area contributed by atoms with E-state index in [9.17, 15) is 4.79 Å². The lowest BCUT2D eigenvalue weighted by molar-refractivity contribution is -0.127. The Hall–Kier alpha value is -0.370. The van der Waals surface area contributed by atoms with Crippen molar-refractivity contribution in [2.45, 2.75) is 59.0 Å². The van der Waals surface area contributed by atoms with Crippen molar-refractivity contribution in [1.82, 2.24) is 0 Å². The largest absolute Gasteiger partial charge is 0.371 e. The highest BCUT2D eigenvalue weighted by molar-refractivity contribution is 5.79. The molecule has 2 nitrogen and oxygen atoms in total. The second-order valence-corrected chi connectivity index (χ2v) is 3.54. The molecule has 0 saturated heterocycles. The molecule has 13 heavy (non-hydrogen) atoms. The molecule has 0 fully saturated rings. The Morgan fingerprint density at radius 2 is 1.85 bits per heavy atom. The van der Waals surface area contributed by atoms with E-state index in [1.54, 1.807) is 6.92 Å². The number of hydrogen-bond acceptors (Lipinski definition) is 2. The molecule has 1 atom stereocenters. The van der Waals surface area contributed by atoms with Gasteiger partial charge in [-0.15, -0.1) is 0 Å². The van der Waals surface area contributed by atoms with Gasteiger partial charge in [0.15, 0.2) is 5.78 Å². The van der Waals surface area contributed by atoms with Crippen LogP contribution in [0.1, 0.15) is 52.9 Å². The molecule has 0 aliphatic carbocycles. The maximum Gasteiger partial charge on any atom is 0.158 e. The summed E-state index contributed by atoms with van der Waals surface area (Å²) in [5, 5.41) is 0. The van der Waals surface area contributed by atoms with Crippen LogP contribution in [0.4, 0.5) is 0 Å². The van der Waals surface area contributed by atoms with Gasteiger partial charge >= 0.3 is 0 Å². The van der Waals surface area contributed by atoms with Crippen LogP contribution in [-0.2, 0) is 9.53 Å². The Kier molecular flexibility index (Phi) is 8.00. The van der Waals surface area contributed by atoms with E-state index >= 15 is 0 Å². The predicted octanol–water partition coefficient (Wildman–Crippen LogP) is 2.95. The number of hydrogen-bond donors (Lipinski definition) is 0. The lowest BCUT2D eigenvalue weighted by Crippen LogP contribution is -2.17. The summed E-state index contributed by atoms with van der Waals surface area (Å²) >= 11 is 0. The molecule has 1 unspecified atom stereocenters. The zero-order valence-corrected chi connectivity index (χ0v) is 9.14. The summed E-state index contributed by atoms with van der Waals surface area (Å²) < 4.78 is 5.33. The van der Waals surface area contributed by atoms with Crippen molar-refractivity contribution in [3.63, 3.8) is 0 Å². The minimum Gasteiger partial charge on any atom is -0.371 e. The zero-order chi connectivity index (χ0) is 10.1. The highest BCUT2D eigenvalue weighted by Crippen LogP contribution is 2.03. The summed E-state index contributed by atoms with van der Waals surface area (Å²) in [4.78, 5) is 10.8. The molecule has 0 aromatic heterocycles. The zero-order valence-electron chi connectivity index (χ0n) is 9.14. The van der Waals surface area contributed by atoms with Crippen LogP contribution in [0.2, 0.25) is 0 Å². The molecule has 0 bridgehead atoms. The van der Waals surface area contributed by atoms with Crippen LogP contribution in [0, 0.1) is 0 Å². The first-order chi connectivity index (χ1) is 6.18. The SMILES string of the molecule is CCCCCCCOC(C)C(C)=O. The van der Waals surface area contributed by atoms with Crippen LogP contribution in [0.5, 0.6) is 0 Å². The van der Waals surface area contributed by atoms with Gasteiger partial charge in [-0.1, -0.05) is 32.6 Å². The molecule has 0 saturated carbocycles. The van der Waals surface area contributed by atoms with Gasteiger partial charge in [-0.2, -0.15) is 0 Å². The molecule has 0 heterocycles. The van der Waals surface area contributed by atoms with Crippen molar-refractivity contribution < 1.29 is 9.53 Å². The number of rotatable bonds is 8. The van der Waals surface area contributed by atoms with E-state index in [4.69, 9.17) is 4.74 Å². The average Bonchev–Trinajstić information content (AvgIpc) is 2.10. The van der Waals surface area contributed by atoms with Gasteiger partial charge in [0.25, 0.3) is 0 Å².